The van der Waals surface area contributed by atoms with Crippen LogP contribution in [0.4, 0.5) is 0 Å². The Hall–Kier alpha value is -0.610. The van der Waals surface area contributed by atoms with Crippen molar-refractivity contribution in [3.63, 3.8) is 0 Å². The summed E-state index contributed by atoms with van der Waals surface area (Å²) in [6, 6.07) is 0. The second-order valence-corrected chi connectivity index (χ2v) is 3.11. The van der Waals surface area contributed by atoms with Crippen LogP contribution in [0.3, 0.4) is 0 Å². The average molecular weight is 204 g/mol. The molecule has 0 bridgehead atoms. The van der Waals surface area contributed by atoms with E-state index in [0.29, 0.717) is 32.8 Å². The molecule has 0 aliphatic rings. The van der Waals surface area contributed by atoms with E-state index in [4.69, 9.17) is 14.2 Å². The van der Waals surface area contributed by atoms with Gasteiger partial charge in [0.05, 0.1) is 25.9 Å². The first-order valence-electron chi connectivity index (χ1n) is 5.01. The molecule has 0 amide bonds. The smallest absolute Gasteiger partial charge is 0.305 e. The lowest BCUT2D eigenvalue weighted by atomic mass is 10.5. The third kappa shape index (κ3) is 9.48. The van der Waals surface area contributed by atoms with Gasteiger partial charge >= 0.3 is 5.97 Å². The zero-order valence-electron chi connectivity index (χ0n) is 9.25. The molecule has 4 nitrogen and oxygen atoms in total. The minimum atomic E-state index is -0.188. The van der Waals surface area contributed by atoms with E-state index >= 15 is 0 Å². The summed E-state index contributed by atoms with van der Waals surface area (Å²) in [6.45, 7) is 7.61. The minimum Gasteiger partial charge on any atom is -0.463 e. The first-order chi connectivity index (χ1) is 6.66. The standard InChI is InChI=1S/C10H20O4/c1-4-10(11)14-8-6-12-5-7-13-9(2)3/h9H,4-8H2,1-3H3. The van der Waals surface area contributed by atoms with Crippen molar-refractivity contribution in [2.45, 2.75) is 33.3 Å². The van der Waals surface area contributed by atoms with Gasteiger partial charge in [-0.25, -0.2) is 0 Å². The molecule has 0 saturated carbocycles. The SMILES string of the molecule is CCC(=O)OCCOCCOC(C)C. The predicted molar refractivity (Wildman–Crippen MR) is 53.2 cm³/mol. The number of hydrogen-bond donors (Lipinski definition) is 0. The Morgan fingerprint density at radius 2 is 1.79 bits per heavy atom. The Bertz CT molecular complexity index is 145. The van der Waals surface area contributed by atoms with Gasteiger partial charge in [0.25, 0.3) is 0 Å². The molecule has 0 radical (unpaired) electrons. The third-order valence-corrected chi connectivity index (χ3v) is 1.46. The molecule has 0 aliphatic carbocycles. The molecule has 0 aromatic heterocycles. The third-order valence-electron chi connectivity index (χ3n) is 1.46. The van der Waals surface area contributed by atoms with Crippen molar-refractivity contribution in [2.24, 2.45) is 0 Å². The maximum Gasteiger partial charge on any atom is 0.305 e. The Labute approximate surface area is 85.5 Å². The number of hydrogen-bond acceptors (Lipinski definition) is 4. The van der Waals surface area contributed by atoms with Gasteiger partial charge in [0.2, 0.25) is 0 Å². The van der Waals surface area contributed by atoms with Crippen LogP contribution >= 0.6 is 0 Å². The second-order valence-electron chi connectivity index (χ2n) is 3.11. The lowest BCUT2D eigenvalue weighted by molar-refractivity contribution is -0.144. The molecule has 4 heteroatoms. The highest BCUT2D eigenvalue weighted by Gasteiger charge is 1.97. The van der Waals surface area contributed by atoms with E-state index in [1.165, 1.54) is 0 Å². The number of ether oxygens (including phenoxy) is 3. The average Bonchev–Trinajstić information content (AvgIpc) is 2.15. The fourth-order valence-electron chi connectivity index (χ4n) is 0.761. The summed E-state index contributed by atoms with van der Waals surface area (Å²) in [7, 11) is 0. The minimum absolute atomic E-state index is 0.188. The zero-order chi connectivity index (χ0) is 10.8. The molecule has 0 saturated heterocycles. The topological polar surface area (TPSA) is 44.8 Å². The molecular weight excluding hydrogens is 184 g/mol. The number of esters is 1. The van der Waals surface area contributed by atoms with Gasteiger partial charge in [-0.2, -0.15) is 0 Å². The van der Waals surface area contributed by atoms with Crippen molar-refractivity contribution >= 4 is 5.97 Å². The molecule has 84 valence electrons. The first kappa shape index (κ1) is 13.4. The molecule has 0 aliphatic heterocycles. The number of rotatable bonds is 8. The molecule has 14 heavy (non-hydrogen) atoms. The van der Waals surface area contributed by atoms with Gasteiger partial charge in [-0.3, -0.25) is 4.79 Å². The van der Waals surface area contributed by atoms with Gasteiger partial charge < -0.3 is 14.2 Å². The van der Waals surface area contributed by atoms with Gasteiger partial charge in [0, 0.05) is 6.42 Å². The van der Waals surface area contributed by atoms with Crippen LogP contribution in [0.15, 0.2) is 0 Å². The second kappa shape index (κ2) is 8.97. The zero-order valence-corrected chi connectivity index (χ0v) is 9.25. The van der Waals surface area contributed by atoms with Crippen LogP contribution in [0, 0.1) is 0 Å². The molecule has 0 aromatic carbocycles. The highest BCUT2D eigenvalue weighted by atomic mass is 16.6. The predicted octanol–water partition coefficient (Wildman–Crippen LogP) is 1.38. The summed E-state index contributed by atoms with van der Waals surface area (Å²) in [5.74, 6) is -0.188. The van der Waals surface area contributed by atoms with Crippen LogP contribution in [-0.4, -0.2) is 38.5 Å². The summed E-state index contributed by atoms with van der Waals surface area (Å²) in [6.07, 6.45) is 0.646. The van der Waals surface area contributed by atoms with E-state index in [0.717, 1.165) is 0 Å². The van der Waals surface area contributed by atoms with Gasteiger partial charge in [0.1, 0.15) is 6.61 Å². The van der Waals surface area contributed by atoms with Crippen LogP contribution in [0.2, 0.25) is 0 Å². The van der Waals surface area contributed by atoms with Crippen molar-refractivity contribution in [3.05, 3.63) is 0 Å². The summed E-state index contributed by atoms with van der Waals surface area (Å²) in [5.41, 5.74) is 0. The van der Waals surface area contributed by atoms with Crippen molar-refractivity contribution in [3.8, 4) is 0 Å². The van der Waals surface area contributed by atoms with Crippen LogP contribution in [0.1, 0.15) is 27.2 Å². The van der Waals surface area contributed by atoms with Gasteiger partial charge in [-0.05, 0) is 13.8 Å². The van der Waals surface area contributed by atoms with Gasteiger partial charge in [0.15, 0.2) is 0 Å². The van der Waals surface area contributed by atoms with Crippen LogP contribution in [-0.2, 0) is 19.0 Å². The normalized spacial score (nSPS) is 10.6. The van der Waals surface area contributed by atoms with Crippen LogP contribution in [0.5, 0.6) is 0 Å². The van der Waals surface area contributed by atoms with Crippen molar-refractivity contribution in [1.82, 2.24) is 0 Å². The molecule has 0 N–H and O–H groups in total. The Balaban J connectivity index is 3.03. The van der Waals surface area contributed by atoms with E-state index < -0.39 is 0 Å². The Morgan fingerprint density at radius 3 is 2.36 bits per heavy atom. The summed E-state index contributed by atoms with van der Waals surface area (Å²) < 4.78 is 15.2. The highest BCUT2D eigenvalue weighted by Crippen LogP contribution is 1.88. The largest absolute Gasteiger partial charge is 0.463 e. The maximum atomic E-state index is 10.7. The van der Waals surface area contributed by atoms with E-state index in [9.17, 15) is 4.79 Å². The number of carbonyl (C=O) groups is 1. The molecule has 0 atom stereocenters. The highest BCUT2D eigenvalue weighted by molar-refractivity contribution is 5.68. The monoisotopic (exact) mass is 204 g/mol. The fourth-order valence-corrected chi connectivity index (χ4v) is 0.761. The summed E-state index contributed by atoms with van der Waals surface area (Å²) in [4.78, 5) is 10.7. The molecular formula is C10H20O4. The van der Waals surface area contributed by atoms with Gasteiger partial charge in [-0.15, -0.1) is 0 Å². The molecule has 0 fully saturated rings. The quantitative estimate of drug-likeness (QED) is 0.442. The lowest BCUT2D eigenvalue weighted by Gasteiger charge is -2.08. The van der Waals surface area contributed by atoms with Crippen molar-refractivity contribution in [2.75, 3.05) is 26.4 Å². The van der Waals surface area contributed by atoms with E-state index in [-0.39, 0.29) is 12.1 Å². The number of carbonyl (C=O) groups excluding carboxylic acids is 1. The molecule has 0 spiro atoms. The summed E-state index contributed by atoms with van der Waals surface area (Å²) in [5, 5.41) is 0. The molecule has 0 heterocycles. The Kier molecular flexibility index (Phi) is 8.57. The lowest BCUT2D eigenvalue weighted by Crippen LogP contribution is -2.13. The van der Waals surface area contributed by atoms with E-state index in [2.05, 4.69) is 0 Å². The first-order valence-corrected chi connectivity index (χ1v) is 5.01. The summed E-state index contributed by atoms with van der Waals surface area (Å²) >= 11 is 0. The van der Waals surface area contributed by atoms with Gasteiger partial charge in [-0.1, -0.05) is 6.92 Å². The van der Waals surface area contributed by atoms with Crippen LogP contribution in [0.25, 0.3) is 0 Å². The molecule has 0 rings (SSSR count). The van der Waals surface area contributed by atoms with Crippen LogP contribution < -0.4 is 0 Å². The maximum absolute atomic E-state index is 10.7. The van der Waals surface area contributed by atoms with Crippen molar-refractivity contribution in [1.29, 1.82) is 0 Å². The molecule has 0 aromatic rings. The molecule has 0 unspecified atom stereocenters. The Morgan fingerprint density at radius 1 is 1.14 bits per heavy atom. The van der Waals surface area contributed by atoms with Crippen molar-refractivity contribution < 1.29 is 19.0 Å². The van der Waals surface area contributed by atoms with E-state index in [1.807, 2.05) is 13.8 Å². The van der Waals surface area contributed by atoms with E-state index in [1.54, 1.807) is 6.92 Å². The fraction of sp³-hybridized carbons (Fsp3) is 0.900.